The van der Waals surface area contributed by atoms with E-state index in [0.29, 0.717) is 34.1 Å². The van der Waals surface area contributed by atoms with Crippen molar-refractivity contribution in [3.05, 3.63) is 89.0 Å². The minimum absolute atomic E-state index is 0.0585. The van der Waals surface area contributed by atoms with Gasteiger partial charge in [-0.15, -0.1) is 0 Å². The average Bonchev–Trinajstić information content (AvgIpc) is 3.40. The Hall–Kier alpha value is -3.18. The van der Waals surface area contributed by atoms with Crippen LogP contribution in [0.2, 0.25) is 5.02 Å². The Labute approximate surface area is 177 Å². The molecule has 6 heteroatoms. The molecular weight excluding hydrogens is 403 g/mol. The molecule has 0 saturated carbocycles. The number of amides is 1. The molecule has 30 heavy (non-hydrogen) atoms. The van der Waals surface area contributed by atoms with Crippen LogP contribution in [0.1, 0.15) is 35.1 Å². The van der Waals surface area contributed by atoms with E-state index in [1.165, 1.54) is 12.1 Å². The lowest BCUT2D eigenvalue weighted by atomic mass is 10.1. The monoisotopic (exact) mass is 420 g/mol. The van der Waals surface area contributed by atoms with Gasteiger partial charge in [-0.2, -0.15) is 0 Å². The molecule has 1 aliphatic rings. The van der Waals surface area contributed by atoms with Crippen LogP contribution in [0.3, 0.4) is 0 Å². The molecule has 3 aromatic carbocycles. The summed E-state index contributed by atoms with van der Waals surface area (Å²) < 4.78 is 19.6. The van der Waals surface area contributed by atoms with Gasteiger partial charge in [-0.25, -0.2) is 9.37 Å². The summed E-state index contributed by atoms with van der Waals surface area (Å²) in [6, 6.07) is 18.7. The van der Waals surface area contributed by atoms with Crippen molar-refractivity contribution >= 4 is 28.6 Å². The van der Waals surface area contributed by atoms with Crippen LogP contribution < -0.4 is 0 Å². The van der Waals surface area contributed by atoms with Crippen molar-refractivity contribution in [3.8, 4) is 11.1 Å². The third-order valence-corrected chi connectivity index (χ3v) is 5.70. The summed E-state index contributed by atoms with van der Waals surface area (Å²) in [5, 5.41) is 0.595. The highest BCUT2D eigenvalue weighted by Crippen LogP contribution is 2.35. The first-order chi connectivity index (χ1) is 14.6. The number of oxazole rings is 1. The number of carbonyl (C=O) groups excluding carboxylic acids is 1. The van der Waals surface area contributed by atoms with E-state index in [9.17, 15) is 9.18 Å². The minimum atomic E-state index is -0.282. The zero-order valence-corrected chi connectivity index (χ0v) is 16.8. The van der Waals surface area contributed by atoms with Gasteiger partial charge in [-0.1, -0.05) is 29.8 Å². The summed E-state index contributed by atoms with van der Waals surface area (Å²) in [5.74, 6) is 0.189. The topological polar surface area (TPSA) is 46.3 Å². The molecule has 1 fully saturated rings. The summed E-state index contributed by atoms with van der Waals surface area (Å²) in [6.07, 6.45) is 1.68. The average molecular weight is 421 g/mol. The van der Waals surface area contributed by atoms with Crippen LogP contribution in [0, 0.1) is 5.82 Å². The SMILES string of the molecule is O=C(c1ccc(Cl)cc1)N1CCCC1c1nc2cc(-c3cccc(F)c3)ccc2o1. The van der Waals surface area contributed by atoms with Gasteiger partial charge in [0.15, 0.2) is 5.58 Å². The number of nitrogens with zero attached hydrogens (tertiary/aromatic N) is 2. The molecule has 4 nitrogen and oxygen atoms in total. The van der Waals surface area contributed by atoms with Gasteiger partial charge in [0.2, 0.25) is 5.89 Å². The van der Waals surface area contributed by atoms with E-state index < -0.39 is 0 Å². The molecule has 150 valence electrons. The van der Waals surface area contributed by atoms with Crippen molar-refractivity contribution in [2.24, 2.45) is 0 Å². The largest absolute Gasteiger partial charge is 0.438 e. The molecule has 2 heterocycles. The van der Waals surface area contributed by atoms with Crippen LogP contribution in [0.4, 0.5) is 4.39 Å². The summed E-state index contributed by atoms with van der Waals surface area (Å²) in [6.45, 7) is 0.652. The van der Waals surface area contributed by atoms with Gasteiger partial charge in [0.1, 0.15) is 17.4 Å². The summed E-state index contributed by atoms with van der Waals surface area (Å²) >= 11 is 5.94. The van der Waals surface area contributed by atoms with E-state index in [1.807, 2.05) is 24.3 Å². The predicted octanol–water partition coefficient (Wildman–Crippen LogP) is 6.26. The van der Waals surface area contributed by atoms with Crippen molar-refractivity contribution in [1.29, 1.82) is 0 Å². The minimum Gasteiger partial charge on any atom is -0.438 e. The second kappa shape index (κ2) is 7.58. The lowest BCUT2D eigenvalue weighted by molar-refractivity contribution is 0.0717. The molecule has 0 aliphatic carbocycles. The molecular formula is C24H18ClFN2O2. The third kappa shape index (κ3) is 3.46. The molecule has 1 aliphatic heterocycles. The van der Waals surface area contributed by atoms with Crippen LogP contribution in [0.15, 0.2) is 71.1 Å². The van der Waals surface area contributed by atoms with Crippen molar-refractivity contribution in [3.63, 3.8) is 0 Å². The Bertz CT molecular complexity index is 1240. The number of carbonyl (C=O) groups is 1. The zero-order valence-electron chi connectivity index (χ0n) is 16.0. The Balaban J connectivity index is 1.46. The molecule has 5 rings (SSSR count). The summed E-state index contributed by atoms with van der Waals surface area (Å²) in [4.78, 5) is 19.5. The number of fused-ring (bicyclic) bond motifs is 1. The summed E-state index contributed by atoms with van der Waals surface area (Å²) in [7, 11) is 0. The molecule has 1 atom stereocenters. The smallest absolute Gasteiger partial charge is 0.254 e. The Morgan fingerprint density at radius 2 is 1.87 bits per heavy atom. The number of hydrogen-bond donors (Lipinski definition) is 0. The first kappa shape index (κ1) is 18.8. The van der Waals surface area contributed by atoms with Gasteiger partial charge < -0.3 is 9.32 Å². The fourth-order valence-electron chi connectivity index (χ4n) is 3.96. The van der Waals surface area contributed by atoms with Crippen LogP contribution in [0.5, 0.6) is 0 Å². The van der Waals surface area contributed by atoms with Gasteiger partial charge in [-0.05, 0) is 72.5 Å². The van der Waals surface area contributed by atoms with Gasteiger partial charge in [-0.3, -0.25) is 4.79 Å². The molecule has 1 unspecified atom stereocenters. The zero-order chi connectivity index (χ0) is 20.7. The van der Waals surface area contributed by atoms with Crippen molar-refractivity contribution in [1.82, 2.24) is 9.88 Å². The molecule has 1 amide bonds. The van der Waals surface area contributed by atoms with Gasteiger partial charge >= 0.3 is 0 Å². The molecule has 0 radical (unpaired) electrons. The van der Waals surface area contributed by atoms with Crippen molar-refractivity contribution in [2.45, 2.75) is 18.9 Å². The second-order valence-electron chi connectivity index (χ2n) is 7.41. The van der Waals surface area contributed by atoms with Gasteiger partial charge in [0.05, 0.1) is 0 Å². The standard InChI is InChI=1S/C24H18ClFN2O2/c25-18-9-6-15(7-10-18)24(29)28-12-2-5-21(28)23-27-20-14-17(8-11-22(20)30-23)16-3-1-4-19(26)13-16/h1,3-4,6-11,13-14,21H,2,5,12H2. The number of aromatic nitrogens is 1. The van der Waals surface area contributed by atoms with E-state index in [1.54, 1.807) is 35.2 Å². The maximum Gasteiger partial charge on any atom is 0.254 e. The lowest BCUT2D eigenvalue weighted by Gasteiger charge is -2.22. The number of hydrogen-bond acceptors (Lipinski definition) is 3. The molecule has 1 saturated heterocycles. The number of likely N-dealkylation sites (tertiary alicyclic amines) is 1. The van der Waals surface area contributed by atoms with Crippen LogP contribution in [0.25, 0.3) is 22.2 Å². The van der Waals surface area contributed by atoms with E-state index >= 15 is 0 Å². The fraction of sp³-hybridized carbons (Fsp3) is 0.167. The van der Waals surface area contributed by atoms with Crippen LogP contribution in [-0.2, 0) is 0 Å². The van der Waals surface area contributed by atoms with E-state index in [0.717, 1.165) is 24.0 Å². The van der Waals surface area contributed by atoms with E-state index in [4.69, 9.17) is 16.0 Å². The first-order valence-electron chi connectivity index (χ1n) is 9.81. The van der Waals surface area contributed by atoms with E-state index in [-0.39, 0.29) is 17.8 Å². The van der Waals surface area contributed by atoms with Crippen molar-refractivity contribution < 1.29 is 13.6 Å². The normalized spacial score (nSPS) is 16.3. The van der Waals surface area contributed by atoms with Crippen LogP contribution in [-0.4, -0.2) is 22.3 Å². The quantitative estimate of drug-likeness (QED) is 0.392. The van der Waals surface area contributed by atoms with Crippen molar-refractivity contribution in [2.75, 3.05) is 6.54 Å². The Morgan fingerprint density at radius 3 is 2.67 bits per heavy atom. The third-order valence-electron chi connectivity index (χ3n) is 5.45. The van der Waals surface area contributed by atoms with Gasteiger partial charge in [0, 0.05) is 17.1 Å². The second-order valence-corrected chi connectivity index (χ2v) is 7.84. The number of benzene rings is 3. The predicted molar refractivity (Wildman–Crippen MR) is 114 cm³/mol. The van der Waals surface area contributed by atoms with E-state index in [2.05, 4.69) is 4.98 Å². The molecule has 0 N–H and O–H groups in total. The maximum atomic E-state index is 13.6. The Kier molecular flexibility index (Phi) is 4.75. The first-order valence-corrected chi connectivity index (χ1v) is 10.2. The number of halogens is 2. The number of rotatable bonds is 3. The molecule has 0 spiro atoms. The highest BCUT2D eigenvalue weighted by Gasteiger charge is 2.34. The molecule has 0 bridgehead atoms. The van der Waals surface area contributed by atoms with Gasteiger partial charge in [0.25, 0.3) is 5.91 Å². The van der Waals surface area contributed by atoms with Crippen LogP contribution >= 0.6 is 11.6 Å². The molecule has 1 aromatic heterocycles. The Morgan fingerprint density at radius 1 is 1.07 bits per heavy atom. The molecule has 4 aromatic rings. The summed E-state index contributed by atoms with van der Waals surface area (Å²) in [5.41, 5.74) is 3.58. The highest BCUT2D eigenvalue weighted by atomic mass is 35.5. The fourth-order valence-corrected chi connectivity index (χ4v) is 4.09. The lowest BCUT2D eigenvalue weighted by Crippen LogP contribution is -2.30. The maximum absolute atomic E-state index is 13.6. The highest BCUT2D eigenvalue weighted by molar-refractivity contribution is 6.30.